The highest BCUT2D eigenvalue weighted by Gasteiger charge is 2.12. The van der Waals surface area contributed by atoms with Gasteiger partial charge in [0.05, 0.1) is 5.75 Å². The zero-order chi connectivity index (χ0) is 16.4. The van der Waals surface area contributed by atoms with E-state index >= 15 is 0 Å². The van der Waals surface area contributed by atoms with Crippen LogP contribution in [0.5, 0.6) is 0 Å². The molecule has 0 amide bonds. The molecule has 0 saturated carbocycles. The van der Waals surface area contributed by atoms with E-state index < -0.39 is 10.0 Å². The van der Waals surface area contributed by atoms with Gasteiger partial charge in [-0.25, -0.2) is 18.1 Å². The number of hydrogen-bond acceptors (Lipinski definition) is 4. The van der Waals surface area contributed by atoms with Gasteiger partial charge in [-0.15, -0.1) is 0 Å². The van der Waals surface area contributed by atoms with Crippen molar-refractivity contribution in [1.29, 1.82) is 0 Å². The van der Waals surface area contributed by atoms with Gasteiger partial charge in [0.15, 0.2) is 11.5 Å². The molecular formula is C17H18N2O3S. The topological polar surface area (TPSA) is 72.2 Å². The number of oxazole rings is 1. The maximum atomic E-state index is 12.2. The van der Waals surface area contributed by atoms with Gasteiger partial charge in [0.2, 0.25) is 10.0 Å². The number of benzene rings is 2. The van der Waals surface area contributed by atoms with Crippen LogP contribution in [0.15, 0.2) is 46.9 Å². The van der Waals surface area contributed by atoms with Crippen molar-refractivity contribution in [3.05, 3.63) is 65.0 Å². The zero-order valence-corrected chi connectivity index (χ0v) is 13.9. The minimum atomic E-state index is -3.39. The molecule has 0 spiro atoms. The number of rotatable bonds is 5. The minimum Gasteiger partial charge on any atom is -0.441 e. The number of fused-ring (bicyclic) bond motifs is 1. The molecule has 3 aromatic rings. The van der Waals surface area contributed by atoms with Crippen molar-refractivity contribution in [2.75, 3.05) is 0 Å². The summed E-state index contributed by atoms with van der Waals surface area (Å²) in [5, 5.41) is 0. The van der Waals surface area contributed by atoms with E-state index in [9.17, 15) is 8.42 Å². The van der Waals surface area contributed by atoms with Crippen LogP contribution < -0.4 is 4.72 Å². The average molecular weight is 330 g/mol. The fourth-order valence-corrected chi connectivity index (χ4v) is 3.46. The van der Waals surface area contributed by atoms with Gasteiger partial charge in [-0.1, -0.05) is 35.9 Å². The van der Waals surface area contributed by atoms with Crippen LogP contribution in [0.3, 0.4) is 0 Å². The quantitative estimate of drug-likeness (QED) is 0.780. The van der Waals surface area contributed by atoms with Crippen LogP contribution in [0.4, 0.5) is 0 Å². The summed E-state index contributed by atoms with van der Waals surface area (Å²) in [6.07, 6.45) is 0. The van der Waals surface area contributed by atoms with E-state index in [1.807, 2.05) is 49.4 Å². The Bertz CT molecular complexity index is 928. The molecule has 0 unspecified atom stereocenters. The highest BCUT2D eigenvalue weighted by Crippen LogP contribution is 2.17. The molecule has 0 atom stereocenters. The van der Waals surface area contributed by atoms with Crippen LogP contribution in [0.1, 0.15) is 22.6 Å². The Labute approximate surface area is 135 Å². The second-order valence-electron chi connectivity index (χ2n) is 5.60. The molecule has 0 bridgehead atoms. The lowest BCUT2D eigenvalue weighted by atomic mass is 10.2. The molecule has 0 radical (unpaired) electrons. The van der Waals surface area contributed by atoms with Crippen molar-refractivity contribution < 1.29 is 12.8 Å². The lowest BCUT2D eigenvalue weighted by Crippen LogP contribution is -2.24. The van der Waals surface area contributed by atoms with Crippen molar-refractivity contribution in [3.8, 4) is 0 Å². The molecule has 0 aliphatic heterocycles. The molecule has 0 aliphatic rings. The summed E-state index contributed by atoms with van der Waals surface area (Å²) >= 11 is 0. The van der Waals surface area contributed by atoms with Gasteiger partial charge in [0.25, 0.3) is 0 Å². The van der Waals surface area contributed by atoms with Crippen molar-refractivity contribution in [3.63, 3.8) is 0 Å². The second-order valence-corrected chi connectivity index (χ2v) is 7.41. The van der Waals surface area contributed by atoms with Gasteiger partial charge in [0, 0.05) is 13.5 Å². The number of hydrogen-bond donors (Lipinski definition) is 1. The lowest BCUT2D eigenvalue weighted by molar-refractivity contribution is 0.560. The number of aryl methyl sites for hydroxylation is 2. The van der Waals surface area contributed by atoms with Gasteiger partial charge >= 0.3 is 0 Å². The van der Waals surface area contributed by atoms with Crippen molar-refractivity contribution in [2.24, 2.45) is 0 Å². The summed E-state index contributed by atoms with van der Waals surface area (Å²) < 4.78 is 32.4. The molecule has 0 fully saturated rings. The predicted molar refractivity (Wildman–Crippen MR) is 89.4 cm³/mol. The molecule has 23 heavy (non-hydrogen) atoms. The zero-order valence-electron chi connectivity index (χ0n) is 13.0. The van der Waals surface area contributed by atoms with E-state index in [0.717, 1.165) is 22.2 Å². The molecular weight excluding hydrogens is 312 g/mol. The molecule has 120 valence electrons. The van der Waals surface area contributed by atoms with Gasteiger partial charge in [-0.2, -0.15) is 0 Å². The first-order valence-corrected chi connectivity index (χ1v) is 8.95. The standard InChI is InChI=1S/C17H18N2O3S/c1-12-3-5-14(6-4-12)11-23(20,21)18-10-15-7-8-16-17(9-15)22-13(2)19-16/h3-9,18H,10-11H2,1-2H3. The average Bonchev–Trinajstić information content (AvgIpc) is 2.87. The first-order valence-electron chi connectivity index (χ1n) is 7.30. The third-order valence-electron chi connectivity index (χ3n) is 3.53. The summed E-state index contributed by atoms with van der Waals surface area (Å²) in [4.78, 5) is 4.22. The van der Waals surface area contributed by atoms with Crippen LogP contribution in [0.25, 0.3) is 11.1 Å². The summed E-state index contributed by atoms with van der Waals surface area (Å²) in [6, 6.07) is 13.0. The third-order valence-corrected chi connectivity index (χ3v) is 4.83. The summed E-state index contributed by atoms with van der Waals surface area (Å²) in [5.41, 5.74) is 4.15. The Balaban J connectivity index is 1.68. The predicted octanol–water partition coefficient (Wildman–Crippen LogP) is 3.06. The maximum absolute atomic E-state index is 12.2. The van der Waals surface area contributed by atoms with Crippen molar-refractivity contribution in [1.82, 2.24) is 9.71 Å². The fourth-order valence-electron chi connectivity index (χ4n) is 2.34. The molecule has 6 heteroatoms. The fraction of sp³-hybridized carbons (Fsp3) is 0.235. The van der Waals surface area contributed by atoms with Crippen LogP contribution >= 0.6 is 0 Å². The highest BCUT2D eigenvalue weighted by molar-refractivity contribution is 7.88. The normalized spacial score (nSPS) is 11.9. The third kappa shape index (κ3) is 3.97. The van der Waals surface area contributed by atoms with Crippen molar-refractivity contribution in [2.45, 2.75) is 26.1 Å². The van der Waals surface area contributed by atoms with Crippen LogP contribution in [-0.4, -0.2) is 13.4 Å². The van der Waals surface area contributed by atoms with Crippen LogP contribution in [-0.2, 0) is 22.3 Å². The van der Waals surface area contributed by atoms with Gasteiger partial charge in [-0.05, 0) is 30.2 Å². The number of sulfonamides is 1. The summed E-state index contributed by atoms with van der Waals surface area (Å²) in [7, 11) is -3.39. The highest BCUT2D eigenvalue weighted by atomic mass is 32.2. The SMILES string of the molecule is Cc1ccc(CS(=O)(=O)NCc2ccc3nc(C)oc3c2)cc1. The smallest absolute Gasteiger partial charge is 0.216 e. The maximum Gasteiger partial charge on any atom is 0.216 e. The van der Waals surface area contributed by atoms with Gasteiger partial charge in [0.1, 0.15) is 5.52 Å². The summed E-state index contributed by atoms with van der Waals surface area (Å²) in [5.74, 6) is 0.564. The minimum absolute atomic E-state index is 0.0308. The Hall–Kier alpha value is -2.18. The molecule has 0 saturated heterocycles. The number of nitrogens with one attached hydrogen (secondary N) is 1. The Morgan fingerprint density at radius 2 is 1.74 bits per heavy atom. The lowest BCUT2D eigenvalue weighted by Gasteiger charge is -2.07. The van der Waals surface area contributed by atoms with E-state index in [2.05, 4.69) is 9.71 Å². The number of nitrogens with zero attached hydrogens (tertiary/aromatic N) is 1. The van der Waals surface area contributed by atoms with Crippen LogP contribution in [0, 0.1) is 13.8 Å². The van der Waals surface area contributed by atoms with Gasteiger partial charge in [-0.3, -0.25) is 0 Å². The van der Waals surface area contributed by atoms with Gasteiger partial charge < -0.3 is 4.42 Å². The largest absolute Gasteiger partial charge is 0.441 e. The Morgan fingerprint density at radius 3 is 2.48 bits per heavy atom. The molecule has 3 rings (SSSR count). The van der Waals surface area contributed by atoms with E-state index in [0.29, 0.717) is 11.5 Å². The first kappa shape index (κ1) is 15.7. The molecule has 0 aliphatic carbocycles. The second kappa shape index (κ2) is 6.14. The van der Waals surface area contributed by atoms with E-state index in [-0.39, 0.29) is 12.3 Å². The van der Waals surface area contributed by atoms with E-state index in [1.54, 1.807) is 6.92 Å². The molecule has 2 aromatic carbocycles. The van der Waals surface area contributed by atoms with Crippen molar-refractivity contribution >= 4 is 21.1 Å². The Morgan fingerprint density at radius 1 is 1.04 bits per heavy atom. The van der Waals surface area contributed by atoms with E-state index in [4.69, 9.17) is 4.42 Å². The summed E-state index contributed by atoms with van der Waals surface area (Å²) in [6.45, 7) is 3.98. The molecule has 1 aromatic heterocycles. The molecule has 5 nitrogen and oxygen atoms in total. The molecule has 1 N–H and O–H groups in total. The first-order chi connectivity index (χ1) is 10.9. The number of aromatic nitrogens is 1. The monoisotopic (exact) mass is 330 g/mol. The van der Waals surface area contributed by atoms with E-state index in [1.165, 1.54) is 0 Å². The van der Waals surface area contributed by atoms with Crippen LogP contribution in [0.2, 0.25) is 0 Å². The Kier molecular flexibility index (Phi) is 4.19. The molecule has 1 heterocycles.